The third kappa shape index (κ3) is 2.34. The highest BCUT2D eigenvalue weighted by molar-refractivity contribution is 5.42. The molecule has 1 fully saturated rings. The molecule has 0 bridgehead atoms. The number of nitrogens with zero attached hydrogens (tertiary/aromatic N) is 1. The zero-order valence-corrected chi connectivity index (χ0v) is 9.66. The van der Waals surface area contributed by atoms with E-state index in [1.54, 1.807) is 13.2 Å². The molecule has 1 aliphatic carbocycles. The molecule has 3 nitrogen and oxygen atoms in total. The summed E-state index contributed by atoms with van der Waals surface area (Å²) in [5.74, 6) is 1.63. The number of methoxy groups -OCH3 is 1. The van der Waals surface area contributed by atoms with Gasteiger partial charge in [0.2, 0.25) is 0 Å². The second-order valence-electron chi connectivity index (χ2n) is 4.34. The van der Waals surface area contributed by atoms with E-state index in [2.05, 4.69) is 18.3 Å². The van der Waals surface area contributed by atoms with Crippen LogP contribution in [0, 0.1) is 17.2 Å². The van der Waals surface area contributed by atoms with Crippen molar-refractivity contribution >= 4 is 0 Å². The van der Waals surface area contributed by atoms with E-state index in [9.17, 15) is 0 Å². The fraction of sp³-hybridized carbons (Fsp3) is 0.462. The molecule has 0 aromatic heterocycles. The lowest BCUT2D eigenvalue weighted by molar-refractivity contribution is 0.407. The molecule has 0 heterocycles. The summed E-state index contributed by atoms with van der Waals surface area (Å²) >= 11 is 0. The Hall–Kier alpha value is -1.53. The topological polar surface area (TPSA) is 45.0 Å². The predicted molar refractivity (Wildman–Crippen MR) is 62.1 cm³/mol. The Kier molecular flexibility index (Phi) is 3.12. The van der Waals surface area contributed by atoms with E-state index in [0.29, 0.717) is 11.6 Å². The monoisotopic (exact) mass is 216 g/mol. The van der Waals surface area contributed by atoms with Gasteiger partial charge in [-0.25, -0.2) is 0 Å². The number of benzene rings is 1. The van der Waals surface area contributed by atoms with Gasteiger partial charge in [0, 0.05) is 18.2 Å². The van der Waals surface area contributed by atoms with Gasteiger partial charge in [0.15, 0.2) is 0 Å². The zero-order valence-electron chi connectivity index (χ0n) is 9.66. The largest absolute Gasteiger partial charge is 0.496 e. The average molecular weight is 216 g/mol. The van der Waals surface area contributed by atoms with Crippen LogP contribution >= 0.6 is 0 Å². The Balaban J connectivity index is 2.07. The van der Waals surface area contributed by atoms with Crippen LogP contribution in [0.15, 0.2) is 18.2 Å². The molecule has 0 amide bonds. The lowest BCUT2D eigenvalue weighted by Crippen LogP contribution is -2.17. The molecule has 1 aromatic carbocycles. The van der Waals surface area contributed by atoms with E-state index in [-0.39, 0.29) is 0 Å². The molecule has 3 heteroatoms. The van der Waals surface area contributed by atoms with Gasteiger partial charge in [-0.1, -0.05) is 6.92 Å². The molecule has 0 radical (unpaired) electrons. The molecule has 2 rings (SSSR count). The molecule has 0 saturated heterocycles. The zero-order chi connectivity index (χ0) is 11.5. The van der Waals surface area contributed by atoms with Crippen LogP contribution < -0.4 is 10.1 Å². The number of hydrogen-bond acceptors (Lipinski definition) is 3. The average Bonchev–Trinajstić information content (AvgIpc) is 3.02. The highest BCUT2D eigenvalue weighted by Gasteiger charge is 2.31. The van der Waals surface area contributed by atoms with Gasteiger partial charge in [-0.15, -0.1) is 0 Å². The van der Waals surface area contributed by atoms with Crippen LogP contribution in [0.4, 0.5) is 0 Å². The lowest BCUT2D eigenvalue weighted by atomic mass is 10.1. The maximum atomic E-state index is 8.85. The summed E-state index contributed by atoms with van der Waals surface area (Å²) in [6, 6.07) is 8.30. The molecule has 0 spiro atoms. The van der Waals surface area contributed by atoms with Gasteiger partial charge >= 0.3 is 0 Å². The third-order valence-corrected chi connectivity index (χ3v) is 3.07. The van der Waals surface area contributed by atoms with Crippen molar-refractivity contribution in [3.63, 3.8) is 0 Å². The third-order valence-electron chi connectivity index (χ3n) is 3.07. The lowest BCUT2D eigenvalue weighted by Gasteiger charge is -2.09. The smallest absolute Gasteiger partial charge is 0.123 e. The Labute approximate surface area is 96.0 Å². The van der Waals surface area contributed by atoms with Crippen LogP contribution in [0.25, 0.3) is 0 Å². The van der Waals surface area contributed by atoms with Gasteiger partial charge in [0.25, 0.3) is 0 Å². The first-order chi connectivity index (χ1) is 7.74. The molecule has 16 heavy (non-hydrogen) atoms. The summed E-state index contributed by atoms with van der Waals surface area (Å²) < 4.78 is 5.27. The molecular weight excluding hydrogens is 200 g/mol. The van der Waals surface area contributed by atoms with Crippen molar-refractivity contribution in [2.75, 3.05) is 7.11 Å². The van der Waals surface area contributed by atoms with Crippen LogP contribution in [-0.4, -0.2) is 13.2 Å². The minimum atomic E-state index is 0.635. The van der Waals surface area contributed by atoms with Crippen molar-refractivity contribution < 1.29 is 4.74 Å². The first kappa shape index (κ1) is 11.0. The van der Waals surface area contributed by atoms with Crippen molar-refractivity contribution in [3.05, 3.63) is 29.3 Å². The summed E-state index contributed by atoms with van der Waals surface area (Å²) in [5, 5.41) is 12.3. The van der Waals surface area contributed by atoms with Crippen LogP contribution in [0.5, 0.6) is 5.75 Å². The summed E-state index contributed by atoms with van der Waals surface area (Å²) in [4.78, 5) is 0. The minimum Gasteiger partial charge on any atom is -0.496 e. The number of nitriles is 1. The van der Waals surface area contributed by atoms with Gasteiger partial charge in [-0.2, -0.15) is 5.26 Å². The second-order valence-corrected chi connectivity index (χ2v) is 4.34. The van der Waals surface area contributed by atoms with Crippen molar-refractivity contribution in [1.82, 2.24) is 5.32 Å². The fourth-order valence-electron chi connectivity index (χ4n) is 1.83. The van der Waals surface area contributed by atoms with Crippen LogP contribution in [0.2, 0.25) is 0 Å². The Morgan fingerprint density at radius 2 is 2.31 bits per heavy atom. The van der Waals surface area contributed by atoms with Gasteiger partial charge < -0.3 is 10.1 Å². The molecule has 1 aromatic rings. The van der Waals surface area contributed by atoms with Crippen LogP contribution in [0.3, 0.4) is 0 Å². The van der Waals surface area contributed by atoms with E-state index in [1.807, 2.05) is 12.1 Å². The minimum absolute atomic E-state index is 0.635. The van der Waals surface area contributed by atoms with E-state index in [4.69, 9.17) is 10.00 Å². The molecule has 1 N–H and O–H groups in total. The van der Waals surface area contributed by atoms with E-state index >= 15 is 0 Å². The summed E-state index contributed by atoms with van der Waals surface area (Å²) in [6.45, 7) is 3.01. The summed E-state index contributed by atoms with van der Waals surface area (Å²) in [6.07, 6.45) is 1.25. The number of nitrogens with one attached hydrogen (secondary N) is 1. The molecular formula is C13H16N2O. The molecule has 0 aliphatic heterocycles. The summed E-state index contributed by atoms with van der Waals surface area (Å²) in [5.41, 5.74) is 1.74. The number of ether oxygens (including phenoxy) is 1. The van der Waals surface area contributed by atoms with Gasteiger partial charge in [-0.3, -0.25) is 0 Å². The standard InChI is InChI=1S/C13H16N2O/c1-9-5-12(9)15-8-11-6-10(7-14)3-4-13(11)16-2/h3-4,6,9,12,15H,5,8H2,1-2H3. The Bertz CT molecular complexity index is 422. The first-order valence-corrected chi connectivity index (χ1v) is 5.55. The van der Waals surface area contributed by atoms with Crippen molar-refractivity contribution in [3.8, 4) is 11.8 Å². The van der Waals surface area contributed by atoms with Crippen LogP contribution in [0.1, 0.15) is 24.5 Å². The van der Waals surface area contributed by atoms with Gasteiger partial charge in [0.1, 0.15) is 5.75 Å². The second kappa shape index (κ2) is 4.54. The quantitative estimate of drug-likeness (QED) is 0.838. The summed E-state index contributed by atoms with van der Waals surface area (Å²) in [7, 11) is 1.66. The first-order valence-electron chi connectivity index (χ1n) is 5.55. The SMILES string of the molecule is COc1ccc(C#N)cc1CNC1CC1C. The highest BCUT2D eigenvalue weighted by atomic mass is 16.5. The van der Waals surface area contributed by atoms with Crippen LogP contribution in [-0.2, 0) is 6.54 Å². The normalized spacial score (nSPS) is 22.6. The maximum absolute atomic E-state index is 8.85. The number of hydrogen-bond donors (Lipinski definition) is 1. The van der Waals surface area contributed by atoms with E-state index in [0.717, 1.165) is 23.8 Å². The fourth-order valence-corrected chi connectivity index (χ4v) is 1.83. The predicted octanol–water partition coefficient (Wildman–Crippen LogP) is 2.06. The van der Waals surface area contributed by atoms with E-state index < -0.39 is 0 Å². The molecule has 2 unspecified atom stereocenters. The van der Waals surface area contributed by atoms with Gasteiger partial charge in [-0.05, 0) is 30.5 Å². The van der Waals surface area contributed by atoms with Crippen molar-refractivity contribution in [1.29, 1.82) is 5.26 Å². The number of rotatable bonds is 4. The molecule has 1 saturated carbocycles. The van der Waals surface area contributed by atoms with E-state index in [1.165, 1.54) is 6.42 Å². The highest BCUT2D eigenvalue weighted by Crippen LogP contribution is 2.30. The van der Waals surface area contributed by atoms with Crippen molar-refractivity contribution in [2.45, 2.75) is 25.9 Å². The van der Waals surface area contributed by atoms with Gasteiger partial charge in [0.05, 0.1) is 18.7 Å². The maximum Gasteiger partial charge on any atom is 0.123 e. The van der Waals surface area contributed by atoms with Crippen molar-refractivity contribution in [2.24, 2.45) is 5.92 Å². The Morgan fingerprint density at radius 1 is 1.56 bits per heavy atom. The molecule has 2 atom stereocenters. The molecule has 1 aliphatic rings. The Morgan fingerprint density at radius 3 is 2.88 bits per heavy atom. The molecule has 84 valence electrons.